The number of hydrogen-bond acceptors (Lipinski definition) is 5. The molecule has 5 nitrogen and oxygen atoms in total. The first kappa shape index (κ1) is 12.9. The van der Waals surface area contributed by atoms with Crippen LogP contribution in [0.25, 0.3) is 0 Å². The smallest absolute Gasteiger partial charge is 0.339 e. The van der Waals surface area contributed by atoms with E-state index in [2.05, 4.69) is 15.3 Å². The maximum Gasteiger partial charge on any atom is 0.339 e. The fraction of sp³-hybridized carbons (Fsp3) is 0.182. The van der Waals surface area contributed by atoms with E-state index in [0.717, 1.165) is 9.21 Å². The van der Waals surface area contributed by atoms with Crippen LogP contribution in [-0.4, -0.2) is 21.0 Å². The molecule has 7 heteroatoms. The second-order valence-corrected chi connectivity index (χ2v) is 5.30. The average Bonchev–Trinajstić information content (AvgIpc) is 2.75. The van der Waals surface area contributed by atoms with E-state index in [4.69, 9.17) is 16.7 Å². The minimum atomic E-state index is -1.02. The van der Waals surface area contributed by atoms with Gasteiger partial charge in [0.1, 0.15) is 11.9 Å². The van der Waals surface area contributed by atoms with Gasteiger partial charge in [0.2, 0.25) is 0 Å². The molecule has 0 spiro atoms. The third-order valence-corrected chi connectivity index (χ3v) is 3.48. The highest BCUT2D eigenvalue weighted by atomic mass is 35.5. The summed E-state index contributed by atoms with van der Waals surface area (Å²) >= 11 is 7.30. The topological polar surface area (TPSA) is 75.1 Å². The van der Waals surface area contributed by atoms with Crippen LogP contribution in [0.1, 0.15) is 20.9 Å². The van der Waals surface area contributed by atoms with E-state index >= 15 is 0 Å². The maximum absolute atomic E-state index is 10.9. The predicted octanol–water partition coefficient (Wildman–Crippen LogP) is 2.18. The molecule has 0 radical (unpaired) electrons. The van der Waals surface area contributed by atoms with Gasteiger partial charge in [0.25, 0.3) is 0 Å². The Kier molecular flexibility index (Phi) is 4.24. The van der Waals surface area contributed by atoms with Crippen molar-refractivity contribution >= 4 is 28.9 Å². The Labute approximate surface area is 112 Å². The fourth-order valence-corrected chi connectivity index (χ4v) is 2.48. The minimum Gasteiger partial charge on any atom is -0.478 e. The molecule has 0 fully saturated rings. The molecule has 0 bridgehead atoms. The van der Waals surface area contributed by atoms with Gasteiger partial charge in [0, 0.05) is 24.2 Å². The summed E-state index contributed by atoms with van der Waals surface area (Å²) in [5.41, 5.74) is 0.592. The monoisotopic (exact) mass is 283 g/mol. The van der Waals surface area contributed by atoms with Crippen molar-refractivity contribution < 1.29 is 9.90 Å². The summed E-state index contributed by atoms with van der Waals surface area (Å²) in [7, 11) is 0. The normalized spacial score (nSPS) is 10.5. The molecule has 2 rings (SSSR count). The molecular formula is C11H10ClN3O2S. The number of nitrogens with zero attached hydrogens (tertiary/aromatic N) is 2. The fourth-order valence-electron chi connectivity index (χ4n) is 1.43. The highest BCUT2D eigenvalue weighted by Crippen LogP contribution is 2.21. The molecular weight excluding hydrogens is 274 g/mol. The van der Waals surface area contributed by atoms with Gasteiger partial charge < -0.3 is 10.4 Å². The van der Waals surface area contributed by atoms with Crippen molar-refractivity contribution in [3.63, 3.8) is 0 Å². The van der Waals surface area contributed by atoms with E-state index in [1.807, 2.05) is 12.1 Å². The molecule has 0 aromatic carbocycles. The number of carboxylic acid groups (broad SMARTS) is 1. The maximum atomic E-state index is 10.9. The number of aromatic nitrogens is 2. The summed E-state index contributed by atoms with van der Waals surface area (Å²) in [4.78, 5) is 19.7. The summed E-state index contributed by atoms with van der Waals surface area (Å²) in [6.07, 6.45) is 2.64. The second-order valence-electron chi connectivity index (χ2n) is 3.50. The molecule has 0 aliphatic carbocycles. The standard InChI is InChI=1S/C11H10ClN3O2S/c12-10-2-1-7(18-10)3-13-5-9-8(11(16)17)4-14-6-15-9/h1-2,4,6,13H,3,5H2,(H,16,17). The molecule has 0 atom stereocenters. The molecule has 2 aromatic rings. The van der Waals surface area contributed by atoms with Crippen LogP contribution < -0.4 is 5.32 Å². The van der Waals surface area contributed by atoms with Crippen molar-refractivity contribution in [1.82, 2.24) is 15.3 Å². The summed E-state index contributed by atoms with van der Waals surface area (Å²) < 4.78 is 0.736. The first-order chi connectivity index (χ1) is 8.66. The number of hydrogen-bond donors (Lipinski definition) is 2. The Hall–Kier alpha value is -1.50. The van der Waals surface area contributed by atoms with Crippen molar-refractivity contribution in [2.24, 2.45) is 0 Å². The summed E-state index contributed by atoms with van der Waals surface area (Å²) in [6, 6.07) is 3.76. The van der Waals surface area contributed by atoms with Crippen LogP contribution in [0.2, 0.25) is 4.34 Å². The number of nitrogens with one attached hydrogen (secondary N) is 1. The second kappa shape index (κ2) is 5.90. The number of halogens is 1. The van der Waals surface area contributed by atoms with Crippen molar-refractivity contribution in [1.29, 1.82) is 0 Å². The van der Waals surface area contributed by atoms with Gasteiger partial charge in [-0.3, -0.25) is 0 Å². The summed E-state index contributed by atoms with van der Waals surface area (Å²) in [5, 5.41) is 12.1. The highest BCUT2D eigenvalue weighted by molar-refractivity contribution is 7.16. The van der Waals surface area contributed by atoms with Crippen molar-refractivity contribution in [2.45, 2.75) is 13.1 Å². The summed E-state index contributed by atoms with van der Waals surface area (Å²) in [5.74, 6) is -1.02. The van der Waals surface area contributed by atoms with E-state index in [0.29, 0.717) is 18.8 Å². The van der Waals surface area contributed by atoms with Crippen LogP contribution in [0, 0.1) is 0 Å². The van der Waals surface area contributed by atoms with Crippen LogP contribution in [-0.2, 0) is 13.1 Å². The van der Waals surface area contributed by atoms with Gasteiger partial charge in [0.05, 0.1) is 10.0 Å². The molecule has 94 valence electrons. The van der Waals surface area contributed by atoms with E-state index < -0.39 is 5.97 Å². The van der Waals surface area contributed by atoms with Gasteiger partial charge in [-0.05, 0) is 12.1 Å². The lowest BCUT2D eigenvalue weighted by Crippen LogP contribution is -2.16. The molecule has 0 aliphatic rings. The van der Waals surface area contributed by atoms with Crippen molar-refractivity contribution in [2.75, 3.05) is 0 Å². The van der Waals surface area contributed by atoms with E-state index in [1.54, 1.807) is 0 Å². The molecule has 0 saturated carbocycles. The zero-order chi connectivity index (χ0) is 13.0. The first-order valence-electron chi connectivity index (χ1n) is 5.14. The minimum absolute atomic E-state index is 0.120. The average molecular weight is 284 g/mol. The zero-order valence-corrected chi connectivity index (χ0v) is 10.8. The number of rotatable bonds is 5. The van der Waals surface area contributed by atoms with Crippen molar-refractivity contribution in [3.05, 3.63) is 45.1 Å². The van der Waals surface area contributed by atoms with Crippen LogP contribution in [0.4, 0.5) is 0 Å². The molecule has 2 aromatic heterocycles. The van der Waals surface area contributed by atoms with Crippen LogP contribution >= 0.6 is 22.9 Å². The van der Waals surface area contributed by atoms with E-state index in [-0.39, 0.29) is 5.56 Å². The molecule has 18 heavy (non-hydrogen) atoms. The summed E-state index contributed by atoms with van der Waals surface area (Å²) in [6.45, 7) is 1.00. The number of aromatic carboxylic acids is 1. The van der Waals surface area contributed by atoms with Crippen LogP contribution in [0.15, 0.2) is 24.7 Å². The lowest BCUT2D eigenvalue weighted by Gasteiger charge is -2.05. The van der Waals surface area contributed by atoms with Gasteiger partial charge >= 0.3 is 5.97 Å². The van der Waals surface area contributed by atoms with Gasteiger partial charge in [-0.1, -0.05) is 11.6 Å². The molecule has 2 heterocycles. The van der Waals surface area contributed by atoms with E-state index in [1.165, 1.54) is 23.9 Å². The molecule has 0 aliphatic heterocycles. The van der Waals surface area contributed by atoms with E-state index in [9.17, 15) is 4.79 Å². The molecule has 0 unspecified atom stereocenters. The Morgan fingerprint density at radius 3 is 2.94 bits per heavy atom. The van der Waals surface area contributed by atoms with Crippen molar-refractivity contribution in [3.8, 4) is 0 Å². The molecule has 2 N–H and O–H groups in total. The lowest BCUT2D eigenvalue weighted by molar-refractivity contribution is 0.0694. The zero-order valence-electron chi connectivity index (χ0n) is 9.26. The number of carbonyl (C=O) groups is 1. The largest absolute Gasteiger partial charge is 0.478 e. The third-order valence-electron chi connectivity index (χ3n) is 2.25. The predicted molar refractivity (Wildman–Crippen MR) is 68.9 cm³/mol. The van der Waals surface area contributed by atoms with Crippen LogP contribution in [0.3, 0.4) is 0 Å². The molecule has 0 saturated heterocycles. The molecule has 0 amide bonds. The number of carboxylic acids is 1. The Morgan fingerprint density at radius 1 is 1.44 bits per heavy atom. The number of thiophene rings is 1. The van der Waals surface area contributed by atoms with Gasteiger partial charge in [-0.25, -0.2) is 14.8 Å². The quantitative estimate of drug-likeness (QED) is 0.880. The Bertz CT molecular complexity index is 559. The first-order valence-corrected chi connectivity index (χ1v) is 6.33. The Morgan fingerprint density at radius 2 is 2.28 bits per heavy atom. The Balaban J connectivity index is 1.96. The van der Waals surface area contributed by atoms with Gasteiger partial charge in [-0.2, -0.15) is 0 Å². The highest BCUT2D eigenvalue weighted by Gasteiger charge is 2.10. The van der Waals surface area contributed by atoms with Crippen LogP contribution in [0.5, 0.6) is 0 Å². The van der Waals surface area contributed by atoms with Gasteiger partial charge in [-0.15, -0.1) is 11.3 Å². The van der Waals surface area contributed by atoms with Gasteiger partial charge in [0.15, 0.2) is 0 Å². The SMILES string of the molecule is O=C(O)c1cncnc1CNCc1ccc(Cl)s1. The lowest BCUT2D eigenvalue weighted by atomic mass is 10.2. The third kappa shape index (κ3) is 3.25.